The van der Waals surface area contributed by atoms with Crippen LogP contribution in [0.25, 0.3) is 0 Å². The molecule has 0 aromatic heterocycles. The highest BCUT2D eigenvalue weighted by molar-refractivity contribution is 5.39. The minimum absolute atomic E-state index is 0.160. The molecule has 2 heteroatoms. The molecule has 0 aliphatic heterocycles. The summed E-state index contributed by atoms with van der Waals surface area (Å²) in [5.74, 6) is 0.160. The van der Waals surface area contributed by atoms with Crippen molar-refractivity contribution in [1.29, 1.82) is 0 Å². The maximum Gasteiger partial charge on any atom is 0.126 e. The monoisotopic (exact) mass is 152 g/mol. The molecule has 1 aromatic carbocycles. The van der Waals surface area contributed by atoms with Gasteiger partial charge in [-0.1, -0.05) is 6.07 Å². The topological polar surface area (TPSA) is 20.2 Å². The first-order valence-corrected chi connectivity index (χ1v) is 3.73. The van der Waals surface area contributed by atoms with E-state index < -0.39 is 6.17 Å². The quantitative estimate of drug-likeness (QED) is 0.605. The van der Waals surface area contributed by atoms with Gasteiger partial charge in [0.15, 0.2) is 0 Å². The van der Waals surface area contributed by atoms with E-state index in [0.717, 1.165) is 12.0 Å². The molecule has 11 heavy (non-hydrogen) atoms. The second-order valence-corrected chi connectivity index (χ2v) is 2.89. The molecule has 1 unspecified atom stereocenters. The Kier molecular flexibility index (Phi) is 1.34. The van der Waals surface area contributed by atoms with Crippen LogP contribution in [0.4, 0.5) is 4.39 Å². The van der Waals surface area contributed by atoms with Gasteiger partial charge in [0.25, 0.3) is 0 Å². The molecule has 2 rings (SSSR count). The second kappa shape index (κ2) is 2.22. The van der Waals surface area contributed by atoms with Crippen LogP contribution in [0.2, 0.25) is 0 Å². The standard InChI is InChI=1S/C9H9FO/c10-9-4-2-6-1-3-7(11)5-8(6)9/h1,3,5,9,11H,2,4H2. The zero-order valence-electron chi connectivity index (χ0n) is 6.05. The van der Waals surface area contributed by atoms with Crippen LogP contribution in [0.1, 0.15) is 23.7 Å². The summed E-state index contributed by atoms with van der Waals surface area (Å²) >= 11 is 0. The number of fused-ring (bicyclic) bond motifs is 1. The maximum atomic E-state index is 13.0. The van der Waals surface area contributed by atoms with Crippen LogP contribution in [0.3, 0.4) is 0 Å². The van der Waals surface area contributed by atoms with Crippen LogP contribution in [0.5, 0.6) is 5.75 Å². The largest absolute Gasteiger partial charge is 0.508 e. The molecule has 1 aliphatic carbocycles. The van der Waals surface area contributed by atoms with E-state index in [1.165, 1.54) is 6.07 Å². The van der Waals surface area contributed by atoms with E-state index in [1.807, 2.05) is 0 Å². The van der Waals surface area contributed by atoms with E-state index in [9.17, 15) is 4.39 Å². The number of hydrogen-bond donors (Lipinski definition) is 1. The average molecular weight is 152 g/mol. The minimum Gasteiger partial charge on any atom is -0.508 e. The van der Waals surface area contributed by atoms with E-state index in [0.29, 0.717) is 12.0 Å². The van der Waals surface area contributed by atoms with Crippen LogP contribution in [0, 0.1) is 0 Å². The summed E-state index contributed by atoms with van der Waals surface area (Å²) in [5.41, 5.74) is 1.71. The summed E-state index contributed by atoms with van der Waals surface area (Å²) in [6.45, 7) is 0. The normalized spacial score (nSPS) is 21.7. The lowest BCUT2D eigenvalue weighted by atomic mass is 10.1. The molecular weight excluding hydrogens is 143 g/mol. The van der Waals surface area contributed by atoms with Crippen LogP contribution < -0.4 is 0 Å². The summed E-state index contributed by atoms with van der Waals surface area (Å²) in [6, 6.07) is 4.92. The van der Waals surface area contributed by atoms with Crippen molar-refractivity contribution in [2.45, 2.75) is 19.0 Å². The van der Waals surface area contributed by atoms with Crippen LogP contribution in [0.15, 0.2) is 18.2 Å². The van der Waals surface area contributed by atoms with Gasteiger partial charge in [-0.2, -0.15) is 0 Å². The highest BCUT2D eigenvalue weighted by Crippen LogP contribution is 2.35. The molecule has 1 atom stereocenters. The van der Waals surface area contributed by atoms with Gasteiger partial charge in [-0.3, -0.25) is 0 Å². The molecule has 1 aliphatic rings. The average Bonchev–Trinajstić information content (AvgIpc) is 2.33. The number of aryl methyl sites for hydroxylation is 1. The number of hydrogen-bond acceptors (Lipinski definition) is 1. The van der Waals surface area contributed by atoms with E-state index in [1.54, 1.807) is 12.1 Å². The summed E-state index contributed by atoms with van der Waals surface area (Å²) in [4.78, 5) is 0. The molecule has 0 amide bonds. The predicted molar refractivity (Wildman–Crippen MR) is 40.3 cm³/mol. The smallest absolute Gasteiger partial charge is 0.126 e. The maximum absolute atomic E-state index is 13.0. The van der Waals surface area contributed by atoms with Gasteiger partial charge in [-0.25, -0.2) is 4.39 Å². The third kappa shape index (κ3) is 0.985. The Morgan fingerprint density at radius 1 is 1.45 bits per heavy atom. The van der Waals surface area contributed by atoms with Crippen molar-refractivity contribution >= 4 is 0 Å². The number of phenolic OH excluding ortho intramolecular Hbond substituents is 1. The Hall–Kier alpha value is -1.05. The van der Waals surface area contributed by atoms with Crippen molar-refractivity contribution in [1.82, 2.24) is 0 Å². The Balaban J connectivity index is 2.52. The first-order valence-electron chi connectivity index (χ1n) is 3.73. The van der Waals surface area contributed by atoms with Crippen molar-refractivity contribution in [3.8, 4) is 5.75 Å². The molecule has 0 saturated carbocycles. The highest BCUT2D eigenvalue weighted by Gasteiger charge is 2.21. The number of rotatable bonds is 0. The van der Waals surface area contributed by atoms with Crippen LogP contribution in [-0.2, 0) is 6.42 Å². The van der Waals surface area contributed by atoms with Crippen molar-refractivity contribution in [2.24, 2.45) is 0 Å². The lowest BCUT2D eigenvalue weighted by Crippen LogP contribution is -1.83. The molecule has 0 saturated heterocycles. The number of aromatic hydroxyl groups is 1. The fourth-order valence-electron chi connectivity index (χ4n) is 1.54. The van der Waals surface area contributed by atoms with Gasteiger partial charge in [0.2, 0.25) is 0 Å². The first kappa shape index (κ1) is 6.65. The fourth-order valence-corrected chi connectivity index (χ4v) is 1.54. The summed E-state index contributed by atoms with van der Waals surface area (Å²) in [6.07, 6.45) is 0.507. The van der Waals surface area contributed by atoms with Gasteiger partial charge < -0.3 is 5.11 Å². The molecule has 0 fully saturated rings. The van der Waals surface area contributed by atoms with Gasteiger partial charge in [-0.05, 0) is 36.1 Å². The molecule has 0 radical (unpaired) electrons. The fraction of sp³-hybridized carbons (Fsp3) is 0.333. The molecule has 0 bridgehead atoms. The SMILES string of the molecule is Oc1ccc2c(c1)C(F)CC2. The predicted octanol–water partition coefficient (Wildman–Crippen LogP) is 2.35. The highest BCUT2D eigenvalue weighted by atomic mass is 19.1. The van der Waals surface area contributed by atoms with Gasteiger partial charge in [0, 0.05) is 0 Å². The summed E-state index contributed by atoms with van der Waals surface area (Å²) < 4.78 is 13.0. The Morgan fingerprint density at radius 3 is 3.09 bits per heavy atom. The van der Waals surface area contributed by atoms with Crippen LogP contribution >= 0.6 is 0 Å². The molecule has 58 valence electrons. The van der Waals surface area contributed by atoms with Gasteiger partial charge in [-0.15, -0.1) is 0 Å². The summed E-state index contributed by atoms with van der Waals surface area (Å²) in [5, 5.41) is 9.05. The number of phenols is 1. The number of benzene rings is 1. The van der Waals surface area contributed by atoms with Gasteiger partial charge in [0.1, 0.15) is 11.9 Å². The van der Waals surface area contributed by atoms with E-state index in [4.69, 9.17) is 5.11 Å². The first-order chi connectivity index (χ1) is 5.27. The molecule has 1 N–H and O–H groups in total. The molecule has 1 aromatic rings. The Bertz CT molecular complexity index is 283. The Labute approximate surface area is 64.5 Å². The van der Waals surface area contributed by atoms with E-state index >= 15 is 0 Å². The zero-order valence-corrected chi connectivity index (χ0v) is 6.05. The van der Waals surface area contributed by atoms with Crippen molar-refractivity contribution in [2.75, 3.05) is 0 Å². The number of halogens is 1. The van der Waals surface area contributed by atoms with Crippen molar-refractivity contribution < 1.29 is 9.50 Å². The zero-order chi connectivity index (χ0) is 7.84. The van der Waals surface area contributed by atoms with Crippen molar-refractivity contribution in [3.05, 3.63) is 29.3 Å². The third-order valence-corrected chi connectivity index (χ3v) is 2.13. The minimum atomic E-state index is -0.864. The lowest BCUT2D eigenvalue weighted by Gasteiger charge is -2.00. The van der Waals surface area contributed by atoms with E-state index in [2.05, 4.69) is 0 Å². The third-order valence-electron chi connectivity index (χ3n) is 2.13. The summed E-state index contributed by atoms with van der Waals surface area (Å²) in [7, 11) is 0. The number of alkyl halides is 1. The van der Waals surface area contributed by atoms with Gasteiger partial charge in [0.05, 0.1) is 0 Å². The van der Waals surface area contributed by atoms with Gasteiger partial charge >= 0.3 is 0 Å². The van der Waals surface area contributed by atoms with Crippen molar-refractivity contribution in [3.63, 3.8) is 0 Å². The van der Waals surface area contributed by atoms with Crippen LogP contribution in [-0.4, -0.2) is 5.11 Å². The molecular formula is C9H9FO. The molecule has 0 spiro atoms. The molecule has 1 nitrogen and oxygen atoms in total. The Morgan fingerprint density at radius 2 is 2.27 bits per heavy atom. The second-order valence-electron chi connectivity index (χ2n) is 2.89. The molecule has 0 heterocycles. The van der Waals surface area contributed by atoms with E-state index in [-0.39, 0.29) is 5.75 Å². The lowest BCUT2D eigenvalue weighted by molar-refractivity contribution is 0.342.